The van der Waals surface area contributed by atoms with E-state index in [-0.39, 0.29) is 36.0 Å². The molecule has 1 aliphatic heterocycles. The number of benzene rings is 2. The molecular formula is C22H20ClFN4O3. The molecule has 1 heterocycles. The Bertz CT molecular complexity index is 1040. The van der Waals surface area contributed by atoms with Crippen LogP contribution in [0, 0.1) is 23.1 Å². The first kappa shape index (κ1) is 22.2. The molecule has 1 N–H and O–H groups in total. The number of amides is 3. The van der Waals surface area contributed by atoms with Gasteiger partial charge >= 0.3 is 0 Å². The average molecular weight is 443 g/mol. The van der Waals surface area contributed by atoms with Gasteiger partial charge in [-0.3, -0.25) is 14.4 Å². The fraction of sp³-hybridized carbons (Fsp3) is 0.273. The summed E-state index contributed by atoms with van der Waals surface area (Å²) in [5, 5.41) is 12.3. The molecule has 31 heavy (non-hydrogen) atoms. The Labute approximate surface area is 184 Å². The van der Waals surface area contributed by atoms with Crippen LogP contribution in [0.3, 0.4) is 0 Å². The van der Waals surface area contributed by atoms with Crippen molar-refractivity contribution in [1.82, 2.24) is 9.80 Å². The molecule has 1 fully saturated rings. The highest BCUT2D eigenvalue weighted by Crippen LogP contribution is 2.25. The number of nitrogens with one attached hydrogen (secondary N) is 1. The molecule has 3 rings (SSSR count). The summed E-state index contributed by atoms with van der Waals surface area (Å²) in [5.74, 6) is -2.55. The van der Waals surface area contributed by atoms with Crippen LogP contribution in [0.15, 0.2) is 48.5 Å². The molecule has 0 spiro atoms. The van der Waals surface area contributed by atoms with Gasteiger partial charge in [0.2, 0.25) is 11.8 Å². The van der Waals surface area contributed by atoms with Gasteiger partial charge in [0, 0.05) is 19.3 Å². The summed E-state index contributed by atoms with van der Waals surface area (Å²) in [6, 6.07) is 13.6. The van der Waals surface area contributed by atoms with Crippen LogP contribution >= 0.6 is 11.6 Å². The Morgan fingerprint density at radius 3 is 2.65 bits per heavy atom. The molecule has 0 aliphatic carbocycles. The molecule has 7 nitrogen and oxygen atoms in total. The number of carbonyl (C=O) groups is 3. The van der Waals surface area contributed by atoms with Crippen molar-refractivity contribution in [3.63, 3.8) is 0 Å². The first-order valence-corrected chi connectivity index (χ1v) is 9.93. The Kier molecular flexibility index (Phi) is 6.88. The zero-order chi connectivity index (χ0) is 22.5. The zero-order valence-corrected chi connectivity index (χ0v) is 17.5. The second kappa shape index (κ2) is 9.58. The maximum Gasteiger partial charge on any atom is 0.255 e. The number of hydrogen-bond acceptors (Lipinski definition) is 4. The van der Waals surface area contributed by atoms with Crippen LogP contribution in [0.25, 0.3) is 0 Å². The summed E-state index contributed by atoms with van der Waals surface area (Å²) in [4.78, 5) is 40.3. The summed E-state index contributed by atoms with van der Waals surface area (Å²) in [6.45, 7) is -0.268. The summed E-state index contributed by atoms with van der Waals surface area (Å²) >= 11 is 5.97. The quantitative estimate of drug-likeness (QED) is 0.770. The number of likely N-dealkylation sites (tertiary alicyclic amines) is 1. The molecule has 2 aromatic carbocycles. The van der Waals surface area contributed by atoms with Crippen molar-refractivity contribution < 1.29 is 18.8 Å². The number of anilines is 1. The number of nitriles is 1. The van der Waals surface area contributed by atoms with E-state index in [9.17, 15) is 24.0 Å². The van der Waals surface area contributed by atoms with Gasteiger partial charge in [-0.15, -0.1) is 0 Å². The number of likely N-dealkylation sites (N-methyl/N-ethyl adjacent to an activating group) is 1. The second-order valence-electron chi connectivity index (χ2n) is 7.26. The van der Waals surface area contributed by atoms with Crippen molar-refractivity contribution in [2.24, 2.45) is 5.92 Å². The number of carbonyl (C=O) groups excluding carboxylic acids is 3. The maximum atomic E-state index is 13.5. The van der Waals surface area contributed by atoms with Gasteiger partial charge in [-0.1, -0.05) is 29.8 Å². The molecule has 2 atom stereocenters. The third-order valence-corrected chi connectivity index (χ3v) is 5.39. The van der Waals surface area contributed by atoms with E-state index in [2.05, 4.69) is 5.32 Å². The lowest BCUT2D eigenvalue weighted by atomic mass is 10.1. The normalized spacial score (nSPS) is 17.7. The minimum Gasteiger partial charge on any atom is -0.332 e. The third kappa shape index (κ3) is 5.19. The molecule has 2 unspecified atom stereocenters. The first-order chi connectivity index (χ1) is 14.8. The van der Waals surface area contributed by atoms with Gasteiger partial charge in [0.1, 0.15) is 11.9 Å². The Hall–Kier alpha value is -3.44. The predicted molar refractivity (Wildman–Crippen MR) is 113 cm³/mol. The number of halogens is 2. The van der Waals surface area contributed by atoms with E-state index in [4.69, 9.17) is 11.6 Å². The van der Waals surface area contributed by atoms with Crippen LogP contribution in [0.5, 0.6) is 0 Å². The Balaban J connectivity index is 1.65. The topological polar surface area (TPSA) is 93.5 Å². The van der Waals surface area contributed by atoms with Gasteiger partial charge in [0.15, 0.2) is 0 Å². The standard InChI is InChI=1S/C22H20ClFN4O3/c1-27(22(31)18-10-15(24)7-8-19(18)23)13-20(29)28-12-14(9-17(28)11-25)21(30)26-16-5-3-2-4-6-16/h2-8,10,14,17H,9,12-13H2,1H3,(H,26,30). The van der Waals surface area contributed by atoms with E-state index < -0.39 is 29.6 Å². The average Bonchev–Trinajstić information content (AvgIpc) is 3.20. The molecule has 3 amide bonds. The van der Waals surface area contributed by atoms with Crippen molar-refractivity contribution in [1.29, 1.82) is 5.26 Å². The van der Waals surface area contributed by atoms with Crippen LogP contribution in [0.1, 0.15) is 16.8 Å². The molecule has 0 radical (unpaired) electrons. The van der Waals surface area contributed by atoms with Crippen LogP contribution in [-0.4, -0.2) is 53.7 Å². The van der Waals surface area contributed by atoms with Crippen LogP contribution in [0.2, 0.25) is 5.02 Å². The van der Waals surface area contributed by atoms with E-state index in [0.717, 1.165) is 17.0 Å². The van der Waals surface area contributed by atoms with Crippen LogP contribution < -0.4 is 5.32 Å². The van der Waals surface area contributed by atoms with Gasteiger partial charge in [-0.05, 0) is 36.8 Å². The van der Waals surface area contributed by atoms with E-state index in [1.54, 1.807) is 24.3 Å². The molecule has 0 aromatic heterocycles. The Morgan fingerprint density at radius 1 is 1.26 bits per heavy atom. The molecule has 2 aromatic rings. The lowest BCUT2D eigenvalue weighted by molar-refractivity contribution is -0.131. The SMILES string of the molecule is CN(CC(=O)N1CC(C(=O)Nc2ccccc2)CC1C#N)C(=O)c1cc(F)ccc1Cl. The molecule has 1 aliphatic rings. The maximum absolute atomic E-state index is 13.5. The number of hydrogen-bond donors (Lipinski definition) is 1. The van der Waals surface area contributed by atoms with E-state index in [0.29, 0.717) is 5.69 Å². The van der Waals surface area contributed by atoms with Crippen LogP contribution in [-0.2, 0) is 9.59 Å². The summed E-state index contributed by atoms with van der Waals surface area (Å²) in [7, 11) is 1.39. The van der Waals surface area contributed by atoms with Crippen molar-refractivity contribution in [2.45, 2.75) is 12.5 Å². The van der Waals surface area contributed by atoms with Gasteiger partial charge in [0.25, 0.3) is 5.91 Å². The molecular weight excluding hydrogens is 423 g/mol. The molecule has 1 saturated heterocycles. The minimum absolute atomic E-state index is 0.0599. The number of nitrogens with zero attached hydrogens (tertiary/aromatic N) is 3. The van der Waals surface area contributed by atoms with Gasteiger partial charge in [-0.25, -0.2) is 4.39 Å². The van der Waals surface area contributed by atoms with Gasteiger partial charge in [-0.2, -0.15) is 5.26 Å². The van der Waals surface area contributed by atoms with Gasteiger partial charge < -0.3 is 15.1 Å². The lowest BCUT2D eigenvalue weighted by Crippen LogP contribution is -2.43. The van der Waals surface area contributed by atoms with E-state index >= 15 is 0 Å². The highest BCUT2D eigenvalue weighted by Gasteiger charge is 2.39. The van der Waals surface area contributed by atoms with Gasteiger partial charge in [0.05, 0.1) is 29.1 Å². The van der Waals surface area contributed by atoms with Crippen LogP contribution in [0.4, 0.5) is 10.1 Å². The van der Waals surface area contributed by atoms with Crippen molar-refractivity contribution in [3.8, 4) is 6.07 Å². The number of rotatable bonds is 5. The predicted octanol–water partition coefficient (Wildman–Crippen LogP) is 2.93. The largest absolute Gasteiger partial charge is 0.332 e. The van der Waals surface area contributed by atoms with E-state index in [1.807, 2.05) is 12.1 Å². The van der Waals surface area contributed by atoms with Crippen molar-refractivity contribution >= 4 is 35.0 Å². The van der Waals surface area contributed by atoms with Crippen molar-refractivity contribution in [2.75, 3.05) is 25.5 Å². The monoisotopic (exact) mass is 442 g/mol. The molecule has 0 saturated carbocycles. The highest BCUT2D eigenvalue weighted by atomic mass is 35.5. The molecule has 9 heteroatoms. The smallest absolute Gasteiger partial charge is 0.255 e. The first-order valence-electron chi connectivity index (χ1n) is 9.55. The fourth-order valence-electron chi connectivity index (χ4n) is 3.42. The summed E-state index contributed by atoms with van der Waals surface area (Å²) in [6.07, 6.45) is 0.203. The highest BCUT2D eigenvalue weighted by molar-refractivity contribution is 6.33. The second-order valence-corrected chi connectivity index (χ2v) is 7.67. The minimum atomic E-state index is -0.778. The molecule has 160 valence electrons. The fourth-order valence-corrected chi connectivity index (χ4v) is 3.62. The summed E-state index contributed by atoms with van der Waals surface area (Å²) < 4.78 is 13.5. The number of para-hydroxylation sites is 1. The van der Waals surface area contributed by atoms with Crippen molar-refractivity contribution in [3.05, 3.63) is 64.9 Å². The lowest BCUT2D eigenvalue weighted by Gasteiger charge is -2.24. The molecule has 0 bridgehead atoms. The Morgan fingerprint density at radius 2 is 1.97 bits per heavy atom. The summed E-state index contributed by atoms with van der Waals surface area (Å²) in [5.41, 5.74) is 0.568. The van der Waals surface area contributed by atoms with E-state index in [1.165, 1.54) is 18.0 Å². The third-order valence-electron chi connectivity index (χ3n) is 5.06. The zero-order valence-electron chi connectivity index (χ0n) is 16.7.